The maximum absolute atomic E-state index is 13.2. The molecule has 8 heteroatoms. The summed E-state index contributed by atoms with van der Waals surface area (Å²) >= 11 is 1.24. The zero-order valence-corrected chi connectivity index (χ0v) is 18.2. The summed E-state index contributed by atoms with van der Waals surface area (Å²) in [6.45, 7) is 3.43. The molecule has 0 bridgehead atoms. The second-order valence-corrected chi connectivity index (χ2v) is 8.33. The number of aromatic nitrogens is 4. The van der Waals surface area contributed by atoms with Crippen LogP contribution in [0.4, 0.5) is 0 Å². The standard InChI is InChI=1S/C23H24N6OS/c1-2-29(23(30)22-13-20-18(26-22)7-4-10-24-20)17-6-3-5-16(12-17)25-14-15-8-9-19-21(11-15)28-31-27-19/h4,7-13,17,25-26H,2-3,5-6,14H2,1H3/t17-/m0/s1. The van der Waals surface area contributed by atoms with E-state index in [0.717, 1.165) is 47.9 Å². The number of pyridine rings is 1. The first kappa shape index (κ1) is 19.7. The second kappa shape index (κ2) is 8.47. The first-order chi connectivity index (χ1) is 15.2. The number of H-pyrrole nitrogens is 1. The Morgan fingerprint density at radius 1 is 1.23 bits per heavy atom. The highest BCUT2D eigenvalue weighted by Gasteiger charge is 2.25. The Hall–Kier alpha value is -3.26. The van der Waals surface area contributed by atoms with Crippen LogP contribution < -0.4 is 5.32 Å². The smallest absolute Gasteiger partial charge is 0.270 e. The van der Waals surface area contributed by atoms with E-state index in [1.54, 1.807) is 6.20 Å². The van der Waals surface area contributed by atoms with Crippen LogP contribution in [0.1, 0.15) is 42.2 Å². The average molecular weight is 433 g/mol. The van der Waals surface area contributed by atoms with Gasteiger partial charge in [-0.15, -0.1) is 0 Å². The molecule has 3 heterocycles. The largest absolute Gasteiger partial charge is 0.384 e. The van der Waals surface area contributed by atoms with Gasteiger partial charge in [0.1, 0.15) is 16.7 Å². The van der Waals surface area contributed by atoms with E-state index in [1.165, 1.54) is 23.0 Å². The minimum Gasteiger partial charge on any atom is -0.384 e. The van der Waals surface area contributed by atoms with E-state index in [4.69, 9.17) is 0 Å². The minimum absolute atomic E-state index is 0.0180. The Morgan fingerprint density at radius 3 is 3.00 bits per heavy atom. The lowest BCUT2D eigenvalue weighted by molar-refractivity contribution is 0.0706. The van der Waals surface area contributed by atoms with E-state index in [1.807, 2.05) is 36.1 Å². The molecule has 0 fully saturated rings. The van der Waals surface area contributed by atoms with E-state index in [2.05, 4.69) is 42.2 Å². The van der Waals surface area contributed by atoms with Crippen LogP contribution in [0, 0.1) is 0 Å². The molecule has 0 spiro atoms. The van der Waals surface area contributed by atoms with E-state index in [9.17, 15) is 4.79 Å². The zero-order chi connectivity index (χ0) is 21.2. The van der Waals surface area contributed by atoms with Gasteiger partial charge in [0.15, 0.2) is 0 Å². The van der Waals surface area contributed by atoms with Gasteiger partial charge in [0.2, 0.25) is 0 Å². The van der Waals surface area contributed by atoms with Gasteiger partial charge < -0.3 is 15.2 Å². The van der Waals surface area contributed by atoms with Gasteiger partial charge in [-0.1, -0.05) is 6.07 Å². The molecule has 5 rings (SSSR count). The number of hydrogen-bond donors (Lipinski definition) is 2. The van der Waals surface area contributed by atoms with Crippen LogP contribution in [0.25, 0.3) is 22.1 Å². The normalized spacial score (nSPS) is 16.4. The van der Waals surface area contributed by atoms with Crippen molar-refractivity contribution in [3.05, 3.63) is 65.6 Å². The summed E-state index contributed by atoms with van der Waals surface area (Å²) in [6.07, 6.45) is 6.98. The van der Waals surface area contributed by atoms with Crippen LogP contribution >= 0.6 is 11.7 Å². The number of aromatic amines is 1. The van der Waals surface area contributed by atoms with Gasteiger partial charge in [0, 0.05) is 25.0 Å². The van der Waals surface area contributed by atoms with Crippen LogP contribution in [0.5, 0.6) is 0 Å². The molecule has 1 amide bonds. The second-order valence-electron chi connectivity index (χ2n) is 7.80. The average Bonchev–Trinajstić information content (AvgIpc) is 3.45. The zero-order valence-electron chi connectivity index (χ0n) is 17.3. The van der Waals surface area contributed by atoms with Crippen molar-refractivity contribution < 1.29 is 4.79 Å². The van der Waals surface area contributed by atoms with Crippen molar-refractivity contribution in [2.24, 2.45) is 0 Å². The number of amides is 1. The molecule has 0 aliphatic heterocycles. The number of benzene rings is 1. The van der Waals surface area contributed by atoms with Gasteiger partial charge in [0.05, 0.1) is 28.8 Å². The van der Waals surface area contributed by atoms with E-state index >= 15 is 0 Å². The lowest BCUT2D eigenvalue weighted by Crippen LogP contribution is -2.41. The van der Waals surface area contributed by atoms with Crippen molar-refractivity contribution in [2.45, 2.75) is 38.8 Å². The molecular formula is C23H24N6OS. The van der Waals surface area contributed by atoms with Crippen molar-refractivity contribution in [2.75, 3.05) is 6.54 Å². The Bertz CT molecular complexity index is 1230. The number of hydrogen-bond acceptors (Lipinski definition) is 6. The van der Waals surface area contributed by atoms with Crippen molar-refractivity contribution in [1.29, 1.82) is 0 Å². The summed E-state index contributed by atoms with van der Waals surface area (Å²) < 4.78 is 8.58. The lowest BCUT2D eigenvalue weighted by atomic mass is 9.98. The maximum atomic E-state index is 13.2. The molecule has 31 heavy (non-hydrogen) atoms. The number of carbonyl (C=O) groups is 1. The Kier molecular flexibility index (Phi) is 5.38. The van der Waals surface area contributed by atoms with E-state index in [-0.39, 0.29) is 11.9 Å². The number of carbonyl (C=O) groups excluding carboxylic acids is 1. The Morgan fingerprint density at radius 2 is 2.13 bits per heavy atom. The molecule has 1 aliphatic carbocycles. The molecule has 2 N–H and O–H groups in total. The molecular weight excluding hydrogens is 408 g/mol. The fourth-order valence-electron chi connectivity index (χ4n) is 4.20. The van der Waals surface area contributed by atoms with E-state index < -0.39 is 0 Å². The first-order valence-electron chi connectivity index (χ1n) is 10.6. The molecule has 0 unspecified atom stereocenters. The van der Waals surface area contributed by atoms with Crippen molar-refractivity contribution in [1.82, 2.24) is 28.9 Å². The monoisotopic (exact) mass is 432 g/mol. The highest BCUT2D eigenvalue weighted by atomic mass is 32.1. The van der Waals surface area contributed by atoms with Crippen LogP contribution in [-0.2, 0) is 6.54 Å². The minimum atomic E-state index is 0.0180. The van der Waals surface area contributed by atoms with Crippen LogP contribution in [0.15, 0.2) is 54.4 Å². The maximum Gasteiger partial charge on any atom is 0.270 e. The number of nitrogens with one attached hydrogen (secondary N) is 2. The number of fused-ring (bicyclic) bond motifs is 2. The molecule has 1 aliphatic rings. The van der Waals surface area contributed by atoms with E-state index in [0.29, 0.717) is 12.2 Å². The molecule has 4 aromatic rings. The number of allylic oxidation sites excluding steroid dienone is 1. The summed E-state index contributed by atoms with van der Waals surface area (Å²) in [5.74, 6) is 0.0180. The molecule has 0 radical (unpaired) electrons. The third kappa shape index (κ3) is 4.03. The fraction of sp³-hybridized carbons (Fsp3) is 0.304. The van der Waals surface area contributed by atoms with Crippen molar-refractivity contribution >= 4 is 39.7 Å². The van der Waals surface area contributed by atoms with Gasteiger partial charge in [-0.05, 0) is 68.2 Å². The predicted octanol–water partition coefficient (Wildman–Crippen LogP) is 4.26. The SMILES string of the molecule is CCN(C(=O)c1cc2ncccc2[nH]1)[C@@H]1C=C(NCc2ccc3nsnc3c2)CCC1. The molecule has 1 aromatic carbocycles. The summed E-state index contributed by atoms with van der Waals surface area (Å²) in [7, 11) is 0. The molecule has 7 nitrogen and oxygen atoms in total. The number of likely N-dealkylation sites (N-methyl/N-ethyl adjacent to an activating group) is 1. The van der Waals surface area contributed by atoms with Gasteiger partial charge in [-0.25, -0.2) is 0 Å². The topological polar surface area (TPSA) is 86.8 Å². The van der Waals surface area contributed by atoms with Crippen LogP contribution in [0.3, 0.4) is 0 Å². The van der Waals surface area contributed by atoms with Crippen molar-refractivity contribution in [3.63, 3.8) is 0 Å². The summed E-state index contributed by atoms with van der Waals surface area (Å²) in [5.41, 5.74) is 6.54. The highest BCUT2D eigenvalue weighted by Crippen LogP contribution is 2.23. The number of nitrogens with zero attached hydrogens (tertiary/aromatic N) is 4. The van der Waals surface area contributed by atoms with Gasteiger partial charge in [0.25, 0.3) is 5.91 Å². The molecule has 158 valence electrons. The summed E-state index contributed by atoms with van der Waals surface area (Å²) in [6, 6.07) is 11.9. The molecule has 0 saturated heterocycles. The quantitative estimate of drug-likeness (QED) is 0.475. The third-order valence-electron chi connectivity index (χ3n) is 5.80. The Balaban J connectivity index is 1.30. The summed E-state index contributed by atoms with van der Waals surface area (Å²) in [4.78, 5) is 22.7. The molecule has 0 saturated carbocycles. The van der Waals surface area contributed by atoms with Crippen LogP contribution in [-0.4, -0.2) is 42.1 Å². The van der Waals surface area contributed by atoms with Crippen molar-refractivity contribution in [3.8, 4) is 0 Å². The highest BCUT2D eigenvalue weighted by molar-refractivity contribution is 7.00. The summed E-state index contributed by atoms with van der Waals surface area (Å²) in [5, 5.41) is 3.56. The fourth-order valence-corrected chi connectivity index (χ4v) is 4.72. The van der Waals surface area contributed by atoms with Gasteiger partial charge in [-0.2, -0.15) is 8.75 Å². The number of rotatable bonds is 6. The van der Waals surface area contributed by atoms with Gasteiger partial charge >= 0.3 is 0 Å². The third-order valence-corrected chi connectivity index (χ3v) is 6.36. The van der Waals surface area contributed by atoms with Crippen LogP contribution in [0.2, 0.25) is 0 Å². The molecule has 1 atom stereocenters. The Labute approximate surface area is 184 Å². The lowest BCUT2D eigenvalue weighted by Gasteiger charge is -2.32. The van der Waals surface area contributed by atoms with Gasteiger partial charge in [-0.3, -0.25) is 9.78 Å². The first-order valence-corrected chi connectivity index (χ1v) is 11.3. The predicted molar refractivity (Wildman–Crippen MR) is 123 cm³/mol. The molecule has 3 aromatic heterocycles.